The number of nitrogens with two attached hydrogens (primary N) is 1. The zero-order chi connectivity index (χ0) is 15.0. The van der Waals surface area contributed by atoms with Crippen molar-refractivity contribution in [2.24, 2.45) is 5.73 Å². The molecule has 4 heteroatoms. The number of rotatable bonds is 1. The maximum atomic E-state index is 10.5. The summed E-state index contributed by atoms with van der Waals surface area (Å²) >= 11 is 0. The SMILES string of the molecule is Cc1cccc(C2c3ccncc3C(N)=CCN2C)c1O. The normalized spacial score (nSPS) is 18.8. The molecule has 0 spiro atoms. The average Bonchev–Trinajstić information content (AvgIpc) is 2.61. The van der Waals surface area contributed by atoms with Gasteiger partial charge in [0.05, 0.1) is 6.04 Å². The van der Waals surface area contributed by atoms with E-state index in [1.807, 2.05) is 44.3 Å². The Morgan fingerprint density at radius 2 is 2.10 bits per heavy atom. The Balaban J connectivity index is 2.22. The van der Waals surface area contributed by atoms with Crippen LogP contribution in [0.4, 0.5) is 0 Å². The zero-order valence-electron chi connectivity index (χ0n) is 12.2. The Morgan fingerprint density at radius 1 is 1.29 bits per heavy atom. The number of aryl methyl sites for hydroxylation is 1. The zero-order valence-corrected chi connectivity index (χ0v) is 12.2. The number of hydrogen-bond acceptors (Lipinski definition) is 4. The number of benzene rings is 1. The fraction of sp³-hybridized carbons (Fsp3) is 0.235. The van der Waals surface area contributed by atoms with Crippen molar-refractivity contribution in [1.82, 2.24) is 9.88 Å². The van der Waals surface area contributed by atoms with Crippen molar-refractivity contribution in [3.63, 3.8) is 0 Å². The predicted octanol–water partition coefficient (Wildman–Crippen LogP) is 2.43. The molecule has 0 aliphatic carbocycles. The van der Waals surface area contributed by atoms with Crippen LogP contribution < -0.4 is 5.73 Å². The molecule has 2 heterocycles. The molecule has 0 bridgehead atoms. The van der Waals surface area contributed by atoms with Gasteiger partial charge in [-0.3, -0.25) is 9.88 Å². The Hall–Kier alpha value is -2.33. The highest BCUT2D eigenvalue weighted by molar-refractivity contribution is 5.67. The lowest BCUT2D eigenvalue weighted by Gasteiger charge is -2.28. The number of nitrogens with zero attached hydrogens (tertiary/aromatic N) is 2. The van der Waals surface area contributed by atoms with Crippen molar-refractivity contribution >= 4 is 5.70 Å². The molecule has 0 fully saturated rings. The van der Waals surface area contributed by atoms with Crippen LogP contribution in [0.25, 0.3) is 5.70 Å². The first-order valence-electron chi connectivity index (χ1n) is 6.98. The molecule has 0 saturated carbocycles. The van der Waals surface area contributed by atoms with Crippen LogP contribution in [0.15, 0.2) is 42.7 Å². The number of likely N-dealkylation sites (N-methyl/N-ethyl adjacent to an activating group) is 1. The minimum atomic E-state index is -0.0415. The van der Waals surface area contributed by atoms with Crippen LogP contribution in [-0.2, 0) is 0 Å². The van der Waals surface area contributed by atoms with E-state index in [0.29, 0.717) is 5.75 Å². The van der Waals surface area contributed by atoms with E-state index < -0.39 is 0 Å². The van der Waals surface area contributed by atoms with Crippen molar-refractivity contribution in [3.8, 4) is 5.75 Å². The summed E-state index contributed by atoms with van der Waals surface area (Å²) in [6.45, 7) is 2.63. The topological polar surface area (TPSA) is 62.4 Å². The second-order valence-corrected chi connectivity index (χ2v) is 5.48. The van der Waals surface area contributed by atoms with E-state index in [0.717, 1.165) is 34.5 Å². The number of aromatic hydroxyl groups is 1. The number of fused-ring (bicyclic) bond motifs is 1. The molecular weight excluding hydrogens is 262 g/mol. The molecule has 1 aromatic carbocycles. The molecule has 1 unspecified atom stereocenters. The lowest BCUT2D eigenvalue weighted by molar-refractivity contribution is 0.303. The molecule has 2 aromatic rings. The van der Waals surface area contributed by atoms with Gasteiger partial charge in [-0.25, -0.2) is 0 Å². The lowest BCUT2D eigenvalue weighted by Crippen LogP contribution is -2.25. The number of pyridine rings is 1. The van der Waals surface area contributed by atoms with Gasteiger partial charge in [-0.05, 0) is 37.2 Å². The summed E-state index contributed by atoms with van der Waals surface area (Å²) in [5.74, 6) is 0.345. The summed E-state index contributed by atoms with van der Waals surface area (Å²) in [5.41, 5.74) is 10.7. The third kappa shape index (κ3) is 2.28. The van der Waals surface area contributed by atoms with Crippen LogP contribution in [0.1, 0.15) is 28.3 Å². The molecule has 4 nitrogen and oxygen atoms in total. The number of para-hydroxylation sites is 1. The van der Waals surface area contributed by atoms with Crippen molar-refractivity contribution in [3.05, 3.63) is 65.0 Å². The van der Waals surface area contributed by atoms with E-state index in [1.165, 1.54) is 0 Å². The van der Waals surface area contributed by atoms with Gasteiger partial charge in [-0.1, -0.05) is 18.2 Å². The second-order valence-electron chi connectivity index (χ2n) is 5.48. The minimum Gasteiger partial charge on any atom is -0.507 e. The summed E-state index contributed by atoms with van der Waals surface area (Å²) in [5, 5.41) is 10.5. The fourth-order valence-corrected chi connectivity index (χ4v) is 2.89. The van der Waals surface area contributed by atoms with Crippen LogP contribution in [-0.4, -0.2) is 28.6 Å². The van der Waals surface area contributed by atoms with E-state index in [4.69, 9.17) is 5.73 Å². The van der Waals surface area contributed by atoms with Gasteiger partial charge < -0.3 is 10.8 Å². The largest absolute Gasteiger partial charge is 0.507 e. The fourth-order valence-electron chi connectivity index (χ4n) is 2.89. The summed E-state index contributed by atoms with van der Waals surface area (Å²) in [6, 6.07) is 7.79. The van der Waals surface area contributed by atoms with Gasteiger partial charge in [0, 0.05) is 35.8 Å². The quantitative estimate of drug-likeness (QED) is 0.842. The molecule has 3 rings (SSSR count). The molecule has 1 atom stereocenters. The molecule has 1 aliphatic heterocycles. The first kappa shape index (κ1) is 13.6. The highest BCUT2D eigenvalue weighted by atomic mass is 16.3. The summed E-state index contributed by atoms with van der Waals surface area (Å²) in [4.78, 5) is 6.36. The van der Waals surface area contributed by atoms with Crippen molar-refractivity contribution in [1.29, 1.82) is 0 Å². The van der Waals surface area contributed by atoms with Gasteiger partial charge in [0.2, 0.25) is 0 Å². The van der Waals surface area contributed by atoms with E-state index in [1.54, 1.807) is 12.4 Å². The molecular formula is C17H19N3O. The number of phenols is 1. The predicted molar refractivity (Wildman–Crippen MR) is 83.7 cm³/mol. The molecule has 108 valence electrons. The third-order valence-corrected chi connectivity index (χ3v) is 4.06. The molecule has 1 aromatic heterocycles. The smallest absolute Gasteiger partial charge is 0.123 e. The van der Waals surface area contributed by atoms with Gasteiger partial charge >= 0.3 is 0 Å². The molecule has 21 heavy (non-hydrogen) atoms. The Kier molecular flexibility index (Phi) is 3.39. The third-order valence-electron chi connectivity index (χ3n) is 4.06. The summed E-state index contributed by atoms with van der Waals surface area (Å²) in [7, 11) is 2.03. The standard InChI is InChI=1S/C17H19N3O/c1-11-4-3-5-13(17(11)21)16-12-6-8-19-10-14(12)15(18)7-9-20(16)2/h3-8,10,16,21H,9,18H2,1-2H3. The van der Waals surface area contributed by atoms with Gasteiger partial charge in [-0.2, -0.15) is 0 Å². The Labute approximate surface area is 124 Å². The van der Waals surface area contributed by atoms with Gasteiger partial charge in [0.1, 0.15) is 5.75 Å². The first-order valence-corrected chi connectivity index (χ1v) is 6.98. The van der Waals surface area contributed by atoms with E-state index in [9.17, 15) is 5.11 Å². The first-order chi connectivity index (χ1) is 10.1. The molecule has 0 amide bonds. The second kappa shape index (κ2) is 5.22. The van der Waals surface area contributed by atoms with Crippen LogP contribution in [0.3, 0.4) is 0 Å². The molecule has 1 aliphatic rings. The van der Waals surface area contributed by atoms with Crippen molar-refractivity contribution in [2.75, 3.05) is 13.6 Å². The monoisotopic (exact) mass is 281 g/mol. The van der Waals surface area contributed by atoms with Gasteiger partial charge in [0.25, 0.3) is 0 Å². The van der Waals surface area contributed by atoms with Crippen LogP contribution in [0.5, 0.6) is 5.75 Å². The molecule has 0 radical (unpaired) electrons. The van der Waals surface area contributed by atoms with Crippen LogP contribution in [0, 0.1) is 6.92 Å². The van der Waals surface area contributed by atoms with Gasteiger partial charge in [-0.15, -0.1) is 0 Å². The lowest BCUT2D eigenvalue weighted by atomic mass is 9.93. The van der Waals surface area contributed by atoms with E-state index in [-0.39, 0.29) is 6.04 Å². The summed E-state index contributed by atoms with van der Waals surface area (Å²) in [6.07, 6.45) is 5.55. The average molecular weight is 281 g/mol. The van der Waals surface area contributed by atoms with Crippen molar-refractivity contribution in [2.45, 2.75) is 13.0 Å². The number of phenolic OH excluding ortho intramolecular Hbond substituents is 1. The maximum absolute atomic E-state index is 10.5. The molecule has 0 saturated heterocycles. The molecule has 3 N–H and O–H groups in total. The van der Waals surface area contributed by atoms with E-state index in [2.05, 4.69) is 9.88 Å². The van der Waals surface area contributed by atoms with Crippen LogP contribution in [0.2, 0.25) is 0 Å². The van der Waals surface area contributed by atoms with Crippen LogP contribution >= 0.6 is 0 Å². The number of hydrogen-bond donors (Lipinski definition) is 2. The highest BCUT2D eigenvalue weighted by Crippen LogP contribution is 2.38. The summed E-state index contributed by atoms with van der Waals surface area (Å²) < 4.78 is 0. The minimum absolute atomic E-state index is 0.0415. The maximum Gasteiger partial charge on any atom is 0.123 e. The number of aromatic nitrogens is 1. The highest BCUT2D eigenvalue weighted by Gasteiger charge is 2.27. The Morgan fingerprint density at radius 3 is 2.90 bits per heavy atom. The van der Waals surface area contributed by atoms with Gasteiger partial charge in [0.15, 0.2) is 0 Å². The van der Waals surface area contributed by atoms with E-state index >= 15 is 0 Å². The Bertz CT molecular complexity index is 709. The van der Waals surface area contributed by atoms with Crippen molar-refractivity contribution < 1.29 is 5.11 Å².